The van der Waals surface area contributed by atoms with Crippen LogP contribution in [0.25, 0.3) is 0 Å². The van der Waals surface area contributed by atoms with Crippen LogP contribution >= 0.6 is 11.6 Å². The van der Waals surface area contributed by atoms with Crippen LogP contribution < -0.4 is 0 Å². The Morgan fingerprint density at radius 1 is 1.13 bits per heavy atom. The Bertz CT molecular complexity index is 518. The summed E-state index contributed by atoms with van der Waals surface area (Å²) in [6.07, 6.45) is 0.182. The fourth-order valence-corrected chi connectivity index (χ4v) is 2.44. The third-order valence-electron chi connectivity index (χ3n) is 3.75. The standard InChI is InChI=1S/C17H25ClN2O3/c1-4-19(5-2)11-12-20(10-9-16(21)23-3)17(22)14-7-6-8-15(18)13-14/h6-8,13H,4-5,9-12H2,1-3H3. The first-order valence-corrected chi connectivity index (χ1v) is 8.23. The average molecular weight is 341 g/mol. The third kappa shape index (κ3) is 6.59. The van der Waals surface area contributed by atoms with E-state index in [1.54, 1.807) is 29.2 Å². The Labute approximate surface area is 143 Å². The first-order valence-electron chi connectivity index (χ1n) is 7.85. The zero-order valence-electron chi connectivity index (χ0n) is 14.0. The summed E-state index contributed by atoms with van der Waals surface area (Å²) < 4.78 is 4.66. The van der Waals surface area contributed by atoms with Crippen molar-refractivity contribution in [3.05, 3.63) is 34.9 Å². The van der Waals surface area contributed by atoms with Gasteiger partial charge in [0, 0.05) is 30.2 Å². The van der Waals surface area contributed by atoms with Gasteiger partial charge in [-0.05, 0) is 31.3 Å². The van der Waals surface area contributed by atoms with Crippen LogP contribution in [0.4, 0.5) is 0 Å². The minimum atomic E-state index is -0.322. The molecule has 0 spiro atoms. The molecule has 1 rings (SSSR count). The highest BCUT2D eigenvalue weighted by Gasteiger charge is 2.18. The largest absolute Gasteiger partial charge is 0.469 e. The minimum absolute atomic E-state index is 0.122. The van der Waals surface area contributed by atoms with Crippen LogP contribution in [-0.4, -0.2) is 61.5 Å². The Balaban J connectivity index is 2.80. The summed E-state index contributed by atoms with van der Waals surface area (Å²) in [7, 11) is 1.35. The van der Waals surface area contributed by atoms with Crippen molar-refractivity contribution >= 4 is 23.5 Å². The molecule has 0 N–H and O–H groups in total. The van der Waals surface area contributed by atoms with Gasteiger partial charge in [0.2, 0.25) is 0 Å². The number of nitrogens with zero attached hydrogens (tertiary/aromatic N) is 2. The van der Waals surface area contributed by atoms with Crippen LogP contribution in [0, 0.1) is 0 Å². The maximum atomic E-state index is 12.7. The van der Waals surface area contributed by atoms with Crippen LogP contribution in [-0.2, 0) is 9.53 Å². The lowest BCUT2D eigenvalue weighted by molar-refractivity contribution is -0.140. The van der Waals surface area contributed by atoms with Gasteiger partial charge < -0.3 is 14.5 Å². The molecule has 0 aliphatic rings. The van der Waals surface area contributed by atoms with Gasteiger partial charge in [-0.1, -0.05) is 31.5 Å². The maximum absolute atomic E-state index is 12.7. The normalized spacial score (nSPS) is 10.7. The van der Waals surface area contributed by atoms with E-state index in [9.17, 15) is 9.59 Å². The summed E-state index contributed by atoms with van der Waals surface area (Å²) >= 11 is 5.96. The lowest BCUT2D eigenvalue weighted by Crippen LogP contribution is -2.39. The van der Waals surface area contributed by atoms with Crippen molar-refractivity contribution in [3.8, 4) is 0 Å². The fraction of sp³-hybridized carbons (Fsp3) is 0.529. The molecule has 0 aliphatic carbocycles. The number of hydrogen-bond acceptors (Lipinski definition) is 4. The second-order valence-corrected chi connectivity index (χ2v) is 5.59. The number of hydrogen-bond donors (Lipinski definition) is 0. The van der Waals surface area contributed by atoms with Gasteiger partial charge >= 0.3 is 5.97 Å². The number of carbonyl (C=O) groups is 2. The van der Waals surface area contributed by atoms with Gasteiger partial charge in [-0.15, -0.1) is 0 Å². The monoisotopic (exact) mass is 340 g/mol. The molecule has 0 radical (unpaired) electrons. The van der Waals surface area contributed by atoms with E-state index < -0.39 is 0 Å². The number of likely N-dealkylation sites (N-methyl/N-ethyl adjacent to an activating group) is 1. The Hall–Kier alpha value is -1.59. The van der Waals surface area contributed by atoms with Gasteiger partial charge in [0.25, 0.3) is 5.91 Å². The Morgan fingerprint density at radius 2 is 1.83 bits per heavy atom. The lowest BCUT2D eigenvalue weighted by atomic mass is 10.2. The fourth-order valence-electron chi connectivity index (χ4n) is 2.25. The highest BCUT2D eigenvalue weighted by Crippen LogP contribution is 2.13. The second-order valence-electron chi connectivity index (χ2n) is 5.16. The molecule has 6 heteroatoms. The number of methoxy groups -OCH3 is 1. The van der Waals surface area contributed by atoms with Crippen molar-refractivity contribution in [1.82, 2.24) is 9.80 Å². The quantitative estimate of drug-likeness (QED) is 0.648. The molecule has 0 saturated carbocycles. The summed E-state index contributed by atoms with van der Waals surface area (Å²) in [6.45, 7) is 7.67. The van der Waals surface area contributed by atoms with E-state index in [-0.39, 0.29) is 18.3 Å². The molecule has 0 aliphatic heterocycles. The van der Waals surface area contributed by atoms with E-state index >= 15 is 0 Å². The van der Waals surface area contributed by atoms with Crippen molar-refractivity contribution < 1.29 is 14.3 Å². The smallest absolute Gasteiger partial charge is 0.307 e. The molecular formula is C17H25ClN2O3. The van der Waals surface area contributed by atoms with Crippen LogP contribution in [0.3, 0.4) is 0 Å². The van der Waals surface area contributed by atoms with E-state index in [0.29, 0.717) is 23.7 Å². The van der Waals surface area contributed by atoms with Crippen LogP contribution in [0.5, 0.6) is 0 Å². The maximum Gasteiger partial charge on any atom is 0.307 e. The molecule has 1 amide bonds. The molecule has 0 aromatic heterocycles. The van der Waals surface area contributed by atoms with E-state index in [1.807, 2.05) is 0 Å². The number of carbonyl (C=O) groups excluding carboxylic acids is 2. The summed E-state index contributed by atoms with van der Waals surface area (Å²) in [5, 5.41) is 0.521. The van der Waals surface area contributed by atoms with Crippen molar-refractivity contribution in [3.63, 3.8) is 0 Å². The highest BCUT2D eigenvalue weighted by atomic mass is 35.5. The number of esters is 1. The summed E-state index contributed by atoms with van der Waals surface area (Å²) in [5.74, 6) is -0.444. The van der Waals surface area contributed by atoms with Gasteiger partial charge in [0.15, 0.2) is 0 Å². The molecule has 0 unspecified atom stereocenters. The van der Waals surface area contributed by atoms with Crippen LogP contribution in [0.15, 0.2) is 24.3 Å². The molecule has 0 bridgehead atoms. The second kappa shape index (κ2) is 10.2. The van der Waals surface area contributed by atoms with Gasteiger partial charge in [-0.25, -0.2) is 0 Å². The number of rotatable bonds is 9. The first-order chi connectivity index (χ1) is 11.0. The summed E-state index contributed by atoms with van der Waals surface area (Å²) in [4.78, 5) is 28.0. The van der Waals surface area contributed by atoms with E-state index in [2.05, 4.69) is 23.5 Å². The SMILES string of the molecule is CCN(CC)CCN(CCC(=O)OC)C(=O)c1cccc(Cl)c1. The molecule has 0 atom stereocenters. The highest BCUT2D eigenvalue weighted by molar-refractivity contribution is 6.30. The minimum Gasteiger partial charge on any atom is -0.469 e. The predicted molar refractivity (Wildman–Crippen MR) is 91.8 cm³/mol. The van der Waals surface area contributed by atoms with Gasteiger partial charge in [-0.3, -0.25) is 9.59 Å². The van der Waals surface area contributed by atoms with E-state index in [4.69, 9.17) is 11.6 Å². The number of amides is 1. The molecule has 23 heavy (non-hydrogen) atoms. The topological polar surface area (TPSA) is 49.9 Å². The summed E-state index contributed by atoms with van der Waals surface area (Å²) in [6, 6.07) is 6.86. The molecule has 5 nitrogen and oxygen atoms in total. The lowest BCUT2D eigenvalue weighted by Gasteiger charge is -2.26. The predicted octanol–water partition coefficient (Wildman–Crippen LogP) is 2.69. The molecule has 0 heterocycles. The van der Waals surface area contributed by atoms with Crippen molar-refractivity contribution in [2.45, 2.75) is 20.3 Å². The van der Waals surface area contributed by atoms with Crippen molar-refractivity contribution in [2.75, 3.05) is 39.8 Å². The zero-order chi connectivity index (χ0) is 17.2. The average Bonchev–Trinajstić information content (AvgIpc) is 2.57. The molecule has 0 fully saturated rings. The zero-order valence-corrected chi connectivity index (χ0v) is 14.8. The van der Waals surface area contributed by atoms with Crippen LogP contribution in [0.2, 0.25) is 5.02 Å². The van der Waals surface area contributed by atoms with Crippen molar-refractivity contribution in [1.29, 1.82) is 0 Å². The van der Waals surface area contributed by atoms with E-state index in [1.165, 1.54) is 7.11 Å². The van der Waals surface area contributed by atoms with Gasteiger partial charge in [-0.2, -0.15) is 0 Å². The Morgan fingerprint density at radius 3 is 2.39 bits per heavy atom. The molecular weight excluding hydrogens is 316 g/mol. The first kappa shape index (κ1) is 19.5. The Kier molecular flexibility index (Phi) is 8.66. The molecule has 1 aromatic carbocycles. The third-order valence-corrected chi connectivity index (χ3v) is 3.99. The number of benzene rings is 1. The number of ether oxygens (including phenoxy) is 1. The van der Waals surface area contributed by atoms with Gasteiger partial charge in [0.05, 0.1) is 13.5 Å². The van der Waals surface area contributed by atoms with Gasteiger partial charge in [0.1, 0.15) is 0 Å². The molecule has 1 aromatic rings. The van der Waals surface area contributed by atoms with E-state index in [0.717, 1.165) is 19.6 Å². The number of halogens is 1. The summed E-state index contributed by atoms with van der Waals surface area (Å²) in [5.41, 5.74) is 0.530. The van der Waals surface area contributed by atoms with Crippen molar-refractivity contribution in [2.24, 2.45) is 0 Å². The molecule has 0 saturated heterocycles. The molecule has 128 valence electrons. The van der Waals surface area contributed by atoms with Crippen LogP contribution in [0.1, 0.15) is 30.6 Å².